The topological polar surface area (TPSA) is 0 Å². The average molecular weight is 303 g/mol. The lowest BCUT2D eigenvalue weighted by molar-refractivity contribution is 0.526. The van der Waals surface area contributed by atoms with Crippen LogP contribution in [0.5, 0.6) is 0 Å². The quantitative estimate of drug-likeness (QED) is 0.237. The second-order valence-corrected chi connectivity index (χ2v) is 6.66. The van der Waals surface area contributed by atoms with Crippen molar-refractivity contribution < 1.29 is 4.70 Å². The molecule has 0 aromatic carbocycles. The third-order valence-electron chi connectivity index (χ3n) is 4.46. The molecular weight excluding hydrogens is 259 g/mol. The SMILES string of the molecule is CCCCCCCCCCCCCCCCCCCC.F. The van der Waals surface area contributed by atoms with Crippen LogP contribution < -0.4 is 0 Å². The zero-order valence-electron chi connectivity index (χ0n) is 15.1. The monoisotopic (exact) mass is 302 g/mol. The van der Waals surface area contributed by atoms with Crippen molar-refractivity contribution in [1.29, 1.82) is 0 Å². The van der Waals surface area contributed by atoms with Crippen LogP contribution in [0.4, 0.5) is 4.70 Å². The summed E-state index contributed by atoms with van der Waals surface area (Å²) in [6.07, 6.45) is 26.4. The Morgan fingerprint density at radius 3 is 0.571 bits per heavy atom. The summed E-state index contributed by atoms with van der Waals surface area (Å²) in [5.74, 6) is 0. The number of rotatable bonds is 17. The van der Waals surface area contributed by atoms with Crippen molar-refractivity contribution in [3.05, 3.63) is 0 Å². The van der Waals surface area contributed by atoms with Gasteiger partial charge in [-0.2, -0.15) is 0 Å². The highest BCUT2D eigenvalue weighted by molar-refractivity contribution is 4.49. The van der Waals surface area contributed by atoms with Crippen molar-refractivity contribution in [3.63, 3.8) is 0 Å². The number of hydrogen-bond donors (Lipinski definition) is 0. The predicted octanol–water partition coefficient (Wildman–Crippen LogP) is 8.20. The summed E-state index contributed by atoms with van der Waals surface area (Å²) in [6.45, 7) is 4.59. The number of unbranched alkanes of at least 4 members (excludes halogenated alkanes) is 17. The van der Waals surface area contributed by atoms with E-state index in [1.165, 1.54) is 116 Å². The third kappa shape index (κ3) is 22.4. The maximum Gasteiger partial charge on any atom is -0.0533 e. The van der Waals surface area contributed by atoms with E-state index >= 15 is 0 Å². The first-order chi connectivity index (χ1) is 9.91. The van der Waals surface area contributed by atoms with Gasteiger partial charge in [-0.05, 0) is 0 Å². The molecule has 0 aromatic heterocycles. The molecule has 0 aliphatic carbocycles. The molecule has 0 aliphatic heterocycles. The van der Waals surface area contributed by atoms with Gasteiger partial charge < -0.3 is 0 Å². The zero-order chi connectivity index (χ0) is 14.7. The summed E-state index contributed by atoms with van der Waals surface area (Å²) in [5, 5.41) is 0. The molecule has 0 unspecified atom stereocenters. The van der Waals surface area contributed by atoms with Crippen molar-refractivity contribution >= 4 is 0 Å². The van der Waals surface area contributed by atoms with E-state index < -0.39 is 0 Å². The van der Waals surface area contributed by atoms with Crippen LogP contribution in [0.2, 0.25) is 0 Å². The normalized spacial score (nSPS) is 10.6. The van der Waals surface area contributed by atoms with Crippen LogP contribution in [0.25, 0.3) is 0 Å². The van der Waals surface area contributed by atoms with Crippen LogP contribution in [0.15, 0.2) is 0 Å². The van der Waals surface area contributed by atoms with Crippen molar-refractivity contribution in [2.45, 2.75) is 129 Å². The molecule has 0 saturated heterocycles. The minimum atomic E-state index is 0. The fourth-order valence-electron chi connectivity index (χ4n) is 2.97. The second kappa shape index (κ2) is 22.2. The molecule has 1 heteroatoms. The first-order valence-electron chi connectivity index (χ1n) is 9.91. The maximum atomic E-state index is 2.30. The second-order valence-electron chi connectivity index (χ2n) is 6.66. The van der Waals surface area contributed by atoms with Gasteiger partial charge >= 0.3 is 0 Å². The van der Waals surface area contributed by atoms with E-state index in [2.05, 4.69) is 13.8 Å². The highest BCUT2D eigenvalue weighted by atomic mass is 19.0. The van der Waals surface area contributed by atoms with E-state index in [9.17, 15) is 0 Å². The van der Waals surface area contributed by atoms with Gasteiger partial charge in [0.05, 0.1) is 0 Å². The van der Waals surface area contributed by atoms with Gasteiger partial charge in [0, 0.05) is 0 Å². The molecule has 0 saturated carbocycles. The van der Waals surface area contributed by atoms with Gasteiger partial charge in [0.25, 0.3) is 0 Å². The number of hydrogen-bond acceptors (Lipinski definition) is 0. The van der Waals surface area contributed by atoms with Crippen molar-refractivity contribution in [1.82, 2.24) is 0 Å². The van der Waals surface area contributed by atoms with Gasteiger partial charge in [-0.15, -0.1) is 0 Å². The lowest BCUT2D eigenvalue weighted by Crippen LogP contribution is -1.83. The van der Waals surface area contributed by atoms with Crippen molar-refractivity contribution in [2.75, 3.05) is 0 Å². The third-order valence-corrected chi connectivity index (χ3v) is 4.46. The number of halogens is 1. The van der Waals surface area contributed by atoms with E-state index in [0.717, 1.165) is 0 Å². The largest absolute Gasteiger partial charge is 0.269 e. The zero-order valence-corrected chi connectivity index (χ0v) is 15.1. The van der Waals surface area contributed by atoms with Crippen LogP contribution >= 0.6 is 0 Å². The molecule has 0 N–H and O–H groups in total. The van der Waals surface area contributed by atoms with Crippen molar-refractivity contribution in [3.8, 4) is 0 Å². The summed E-state index contributed by atoms with van der Waals surface area (Å²) < 4.78 is 0. The summed E-state index contributed by atoms with van der Waals surface area (Å²) in [6, 6.07) is 0. The Balaban J connectivity index is 0. The van der Waals surface area contributed by atoms with Crippen LogP contribution in [0, 0.1) is 0 Å². The van der Waals surface area contributed by atoms with E-state index in [1.54, 1.807) is 0 Å². The van der Waals surface area contributed by atoms with Gasteiger partial charge in [-0.1, -0.05) is 129 Å². The maximum absolute atomic E-state index is 2.30. The van der Waals surface area contributed by atoms with Gasteiger partial charge in [0.2, 0.25) is 0 Å². The molecular formula is C20H43F. The highest BCUT2D eigenvalue weighted by Gasteiger charge is 1.94. The molecule has 0 spiro atoms. The Kier molecular flexibility index (Phi) is 24.5. The lowest BCUT2D eigenvalue weighted by Gasteiger charge is -2.03. The molecule has 130 valence electrons. The Bertz CT molecular complexity index is 138. The molecule has 0 amide bonds. The Morgan fingerprint density at radius 1 is 0.286 bits per heavy atom. The molecule has 0 nitrogen and oxygen atoms in total. The minimum Gasteiger partial charge on any atom is -0.269 e. The summed E-state index contributed by atoms with van der Waals surface area (Å²) in [5.41, 5.74) is 0. The van der Waals surface area contributed by atoms with Crippen LogP contribution in [0.3, 0.4) is 0 Å². The molecule has 0 bridgehead atoms. The smallest absolute Gasteiger partial charge is 0.0533 e. The molecule has 0 fully saturated rings. The van der Waals surface area contributed by atoms with Gasteiger partial charge in [0.1, 0.15) is 0 Å². The first kappa shape index (κ1) is 23.2. The molecule has 0 heterocycles. The minimum absolute atomic E-state index is 0. The van der Waals surface area contributed by atoms with Gasteiger partial charge in [-0.3, -0.25) is 4.70 Å². The predicted molar refractivity (Wildman–Crippen MR) is 97.0 cm³/mol. The van der Waals surface area contributed by atoms with Crippen LogP contribution in [-0.2, 0) is 0 Å². The first-order valence-corrected chi connectivity index (χ1v) is 9.91. The molecule has 0 atom stereocenters. The summed E-state index contributed by atoms with van der Waals surface area (Å²) >= 11 is 0. The van der Waals surface area contributed by atoms with Crippen molar-refractivity contribution in [2.24, 2.45) is 0 Å². The highest BCUT2D eigenvalue weighted by Crippen LogP contribution is 2.14. The van der Waals surface area contributed by atoms with Crippen LogP contribution in [0.1, 0.15) is 129 Å². The summed E-state index contributed by atoms with van der Waals surface area (Å²) in [7, 11) is 0. The lowest BCUT2D eigenvalue weighted by atomic mass is 10.0. The Morgan fingerprint density at radius 2 is 0.429 bits per heavy atom. The molecule has 0 aliphatic rings. The Labute approximate surface area is 134 Å². The molecule has 0 radical (unpaired) electrons. The van der Waals surface area contributed by atoms with E-state index in [-0.39, 0.29) is 4.70 Å². The van der Waals surface area contributed by atoms with E-state index in [0.29, 0.717) is 0 Å². The molecule has 21 heavy (non-hydrogen) atoms. The fraction of sp³-hybridized carbons (Fsp3) is 1.00. The molecule has 0 aromatic rings. The van der Waals surface area contributed by atoms with Gasteiger partial charge in [-0.25, -0.2) is 0 Å². The van der Waals surface area contributed by atoms with Crippen LogP contribution in [-0.4, -0.2) is 0 Å². The van der Waals surface area contributed by atoms with E-state index in [4.69, 9.17) is 0 Å². The Hall–Kier alpha value is -0.0700. The molecule has 0 rings (SSSR count). The van der Waals surface area contributed by atoms with E-state index in [1.807, 2.05) is 0 Å². The standard InChI is InChI=1S/C20H42.FH/c1-3-5-7-9-11-13-15-17-19-20-18-16-14-12-10-8-6-4-2;/h3-20H2,1-2H3;1H. The fourth-order valence-corrected chi connectivity index (χ4v) is 2.97. The summed E-state index contributed by atoms with van der Waals surface area (Å²) in [4.78, 5) is 0. The average Bonchev–Trinajstić information content (AvgIpc) is 2.47. The van der Waals surface area contributed by atoms with Gasteiger partial charge in [0.15, 0.2) is 0 Å².